The molecule has 1 heterocycles. The molecule has 2 rings (SSSR count). The van der Waals surface area contributed by atoms with Gasteiger partial charge in [0.25, 0.3) is 0 Å². The molecule has 6 heteroatoms. The molecule has 1 aromatic carbocycles. The van der Waals surface area contributed by atoms with Crippen molar-refractivity contribution in [3.63, 3.8) is 0 Å². The average Bonchev–Trinajstić information content (AvgIpc) is 2.39. The van der Waals surface area contributed by atoms with Crippen LogP contribution in [-0.2, 0) is 14.8 Å². The Hall–Kier alpha value is -1.42. The van der Waals surface area contributed by atoms with Crippen LogP contribution < -0.4 is 0 Å². The molecule has 0 aromatic heterocycles. The van der Waals surface area contributed by atoms with Crippen molar-refractivity contribution in [2.24, 2.45) is 0 Å². The van der Waals surface area contributed by atoms with Crippen molar-refractivity contribution >= 4 is 10.0 Å². The van der Waals surface area contributed by atoms with Crippen molar-refractivity contribution in [3.05, 3.63) is 29.8 Å². The smallest absolute Gasteiger partial charge is 0.243 e. The predicted molar refractivity (Wildman–Crippen MR) is 65.3 cm³/mol. The van der Waals surface area contributed by atoms with Crippen LogP contribution in [0.5, 0.6) is 0 Å². The number of sulfonamides is 1. The third-order valence-electron chi connectivity index (χ3n) is 2.88. The lowest BCUT2D eigenvalue weighted by Gasteiger charge is -2.32. The minimum absolute atomic E-state index is 0.162. The van der Waals surface area contributed by atoms with Gasteiger partial charge in [-0.1, -0.05) is 6.07 Å². The fraction of sp³-hybridized carbons (Fsp3) is 0.417. The molecule has 0 bridgehead atoms. The van der Waals surface area contributed by atoms with Gasteiger partial charge in [-0.15, -0.1) is 0 Å². The van der Waals surface area contributed by atoms with Gasteiger partial charge in [0, 0.05) is 12.6 Å². The Morgan fingerprint density at radius 3 is 2.94 bits per heavy atom. The maximum absolute atomic E-state index is 12.4. The highest BCUT2D eigenvalue weighted by molar-refractivity contribution is 7.89. The summed E-state index contributed by atoms with van der Waals surface area (Å²) in [5.74, 6) is 0. The SMILES string of the molecule is C[C@H]1COCCN1S(=O)(=O)c1cccc(C#N)c1. The van der Waals surface area contributed by atoms with Crippen LogP contribution in [0.1, 0.15) is 12.5 Å². The minimum atomic E-state index is -3.54. The van der Waals surface area contributed by atoms with Gasteiger partial charge < -0.3 is 4.74 Å². The Balaban J connectivity index is 2.38. The summed E-state index contributed by atoms with van der Waals surface area (Å²) in [6.45, 7) is 2.96. The second-order valence-electron chi connectivity index (χ2n) is 4.18. The second-order valence-corrected chi connectivity index (χ2v) is 6.07. The van der Waals surface area contributed by atoms with Gasteiger partial charge in [0.1, 0.15) is 0 Å². The van der Waals surface area contributed by atoms with E-state index in [1.165, 1.54) is 16.4 Å². The average molecular weight is 266 g/mol. The summed E-state index contributed by atoms with van der Waals surface area (Å²) in [6, 6.07) is 7.84. The first-order chi connectivity index (χ1) is 8.55. The number of morpholine rings is 1. The van der Waals surface area contributed by atoms with E-state index in [1.54, 1.807) is 12.1 Å². The lowest BCUT2D eigenvalue weighted by atomic mass is 10.2. The van der Waals surface area contributed by atoms with Crippen LogP contribution in [0.2, 0.25) is 0 Å². The van der Waals surface area contributed by atoms with Gasteiger partial charge in [-0.3, -0.25) is 0 Å². The molecule has 1 atom stereocenters. The van der Waals surface area contributed by atoms with Crippen LogP contribution in [0.25, 0.3) is 0 Å². The molecule has 5 nitrogen and oxygen atoms in total. The van der Waals surface area contributed by atoms with Gasteiger partial charge in [-0.05, 0) is 25.1 Å². The van der Waals surface area contributed by atoms with Crippen molar-refractivity contribution in [1.82, 2.24) is 4.31 Å². The molecule has 0 aliphatic carbocycles. The van der Waals surface area contributed by atoms with E-state index < -0.39 is 10.0 Å². The van der Waals surface area contributed by atoms with Crippen LogP contribution in [-0.4, -0.2) is 38.5 Å². The number of nitriles is 1. The number of nitrogens with zero attached hydrogens (tertiary/aromatic N) is 2. The number of rotatable bonds is 2. The van der Waals surface area contributed by atoms with Crippen LogP contribution in [0, 0.1) is 11.3 Å². The summed E-state index contributed by atoms with van der Waals surface area (Å²) in [7, 11) is -3.54. The molecule has 1 aliphatic rings. The van der Waals surface area contributed by atoms with Crippen LogP contribution in [0.4, 0.5) is 0 Å². The lowest BCUT2D eigenvalue weighted by molar-refractivity contribution is 0.0393. The summed E-state index contributed by atoms with van der Waals surface area (Å²) in [5.41, 5.74) is 0.344. The molecule has 0 N–H and O–H groups in total. The molecule has 1 aromatic rings. The van der Waals surface area contributed by atoms with Crippen LogP contribution in [0.15, 0.2) is 29.2 Å². The minimum Gasteiger partial charge on any atom is -0.378 e. The highest BCUT2D eigenvalue weighted by atomic mass is 32.2. The van der Waals surface area contributed by atoms with E-state index >= 15 is 0 Å². The molecule has 0 amide bonds. The van der Waals surface area contributed by atoms with Crippen molar-refractivity contribution in [2.45, 2.75) is 17.9 Å². The molecule has 18 heavy (non-hydrogen) atoms. The second kappa shape index (κ2) is 5.06. The molecule has 1 saturated heterocycles. The first kappa shape index (κ1) is 13.0. The molecule has 0 unspecified atom stereocenters. The Morgan fingerprint density at radius 1 is 1.50 bits per heavy atom. The molecule has 0 radical (unpaired) electrons. The molecular formula is C12H14N2O3S. The molecular weight excluding hydrogens is 252 g/mol. The van der Waals surface area contributed by atoms with Crippen molar-refractivity contribution < 1.29 is 13.2 Å². The maximum atomic E-state index is 12.4. The standard InChI is InChI=1S/C12H14N2O3S/c1-10-9-17-6-5-14(10)18(15,16)12-4-2-3-11(7-12)8-13/h2-4,7,10H,5-6,9H2,1H3/t10-/m0/s1. The predicted octanol–water partition coefficient (Wildman–Crippen LogP) is 0.968. The monoisotopic (exact) mass is 266 g/mol. The van der Waals surface area contributed by atoms with Gasteiger partial charge in [0.2, 0.25) is 10.0 Å². The quantitative estimate of drug-likeness (QED) is 0.799. The zero-order valence-corrected chi connectivity index (χ0v) is 10.9. The highest BCUT2D eigenvalue weighted by Gasteiger charge is 2.31. The van der Waals surface area contributed by atoms with Gasteiger partial charge in [-0.2, -0.15) is 9.57 Å². The van der Waals surface area contributed by atoms with Crippen LogP contribution in [0.3, 0.4) is 0 Å². The third kappa shape index (κ3) is 2.38. The molecule has 96 valence electrons. The van der Waals surface area contributed by atoms with E-state index in [-0.39, 0.29) is 10.9 Å². The molecule has 0 spiro atoms. The van der Waals surface area contributed by atoms with Crippen molar-refractivity contribution in [3.8, 4) is 6.07 Å². The summed E-state index contributed by atoms with van der Waals surface area (Å²) < 4.78 is 31.5. The Bertz CT molecular complexity index is 577. The lowest BCUT2D eigenvalue weighted by Crippen LogP contribution is -2.46. The van der Waals surface area contributed by atoms with Gasteiger partial charge >= 0.3 is 0 Å². The van der Waals surface area contributed by atoms with E-state index in [2.05, 4.69) is 0 Å². The summed E-state index contributed by atoms with van der Waals surface area (Å²) in [5, 5.41) is 8.81. The number of ether oxygens (including phenoxy) is 1. The van der Waals surface area contributed by atoms with Gasteiger partial charge in [-0.25, -0.2) is 8.42 Å². The first-order valence-corrected chi connectivity index (χ1v) is 7.09. The van der Waals surface area contributed by atoms with E-state index in [1.807, 2.05) is 13.0 Å². The van der Waals surface area contributed by atoms with Gasteiger partial charge in [0.15, 0.2) is 0 Å². The van der Waals surface area contributed by atoms with Crippen LogP contribution >= 0.6 is 0 Å². The molecule has 0 saturated carbocycles. The highest BCUT2D eigenvalue weighted by Crippen LogP contribution is 2.21. The topological polar surface area (TPSA) is 70.4 Å². The van der Waals surface area contributed by atoms with Crippen molar-refractivity contribution in [1.29, 1.82) is 5.26 Å². The Labute approximate surface area is 107 Å². The Morgan fingerprint density at radius 2 is 2.28 bits per heavy atom. The van der Waals surface area contributed by atoms with E-state index in [0.717, 1.165) is 0 Å². The zero-order valence-electron chi connectivity index (χ0n) is 10.0. The molecule has 1 aliphatic heterocycles. The first-order valence-electron chi connectivity index (χ1n) is 5.65. The van der Waals surface area contributed by atoms with Crippen molar-refractivity contribution in [2.75, 3.05) is 19.8 Å². The van der Waals surface area contributed by atoms with Gasteiger partial charge in [0.05, 0.1) is 29.7 Å². The summed E-state index contributed by atoms with van der Waals surface area (Å²) in [6.07, 6.45) is 0. The summed E-state index contributed by atoms with van der Waals surface area (Å²) >= 11 is 0. The number of hydrogen-bond donors (Lipinski definition) is 0. The third-order valence-corrected chi connectivity index (χ3v) is 4.89. The molecule has 1 fully saturated rings. The fourth-order valence-corrected chi connectivity index (χ4v) is 3.58. The number of hydrogen-bond acceptors (Lipinski definition) is 4. The van der Waals surface area contributed by atoms with E-state index in [4.69, 9.17) is 10.00 Å². The summed E-state index contributed by atoms with van der Waals surface area (Å²) in [4.78, 5) is 0.162. The normalized spacial score (nSPS) is 21.4. The Kier molecular flexibility index (Phi) is 3.66. The van der Waals surface area contributed by atoms with E-state index in [9.17, 15) is 8.42 Å². The number of benzene rings is 1. The fourth-order valence-electron chi connectivity index (χ4n) is 1.93. The zero-order chi connectivity index (χ0) is 13.2. The van der Waals surface area contributed by atoms with E-state index in [0.29, 0.717) is 25.3 Å². The largest absolute Gasteiger partial charge is 0.378 e. The maximum Gasteiger partial charge on any atom is 0.243 e.